The van der Waals surface area contributed by atoms with Crippen molar-refractivity contribution in [3.05, 3.63) is 62.8 Å². The number of aromatic hydroxyl groups is 1. The van der Waals surface area contributed by atoms with E-state index >= 15 is 0 Å². The number of aromatic amines is 1. The number of benzene rings is 1. The molecular weight excluding hydrogens is 328 g/mol. The van der Waals surface area contributed by atoms with E-state index in [4.69, 9.17) is 4.74 Å². The molecule has 0 amide bonds. The molecule has 0 spiro atoms. The molecule has 0 atom stereocenters. The van der Waals surface area contributed by atoms with Gasteiger partial charge in [0, 0.05) is 18.8 Å². The summed E-state index contributed by atoms with van der Waals surface area (Å²) in [5, 5.41) is 12.7. The summed E-state index contributed by atoms with van der Waals surface area (Å²) in [5.41, 5.74) is 0.990. The molecule has 0 saturated carbocycles. The van der Waals surface area contributed by atoms with E-state index in [1.54, 1.807) is 18.5 Å². The van der Waals surface area contributed by atoms with E-state index in [0.717, 1.165) is 22.6 Å². The number of hydrogen-bond donors (Lipinski definition) is 3. The molecule has 0 radical (unpaired) electrons. The third kappa shape index (κ3) is 4.32. The minimum atomic E-state index is -0.252. The average molecular weight is 344 g/mol. The van der Waals surface area contributed by atoms with Crippen LogP contribution < -0.4 is 14.9 Å². The molecule has 8 heteroatoms. The Morgan fingerprint density at radius 1 is 1.21 bits per heavy atom. The van der Waals surface area contributed by atoms with Crippen LogP contribution in [0, 0.1) is 0 Å². The monoisotopic (exact) mass is 344 g/mol. The van der Waals surface area contributed by atoms with Gasteiger partial charge in [-0.15, -0.1) is 0 Å². The lowest BCUT2D eigenvalue weighted by atomic mass is 10.1. The van der Waals surface area contributed by atoms with Gasteiger partial charge in [-0.25, -0.2) is 9.97 Å². The largest absolute Gasteiger partial charge is 0.494 e. The maximum atomic E-state index is 11.2. The molecule has 24 heavy (non-hydrogen) atoms. The van der Waals surface area contributed by atoms with Gasteiger partial charge in [0.25, 0.3) is 0 Å². The van der Waals surface area contributed by atoms with Gasteiger partial charge in [0.05, 0.1) is 11.4 Å². The number of aromatic nitrogens is 3. The van der Waals surface area contributed by atoms with Gasteiger partial charge in [0.1, 0.15) is 12.4 Å². The fraction of sp³-hybridized carbons (Fsp3) is 0.188. The maximum absolute atomic E-state index is 11.2. The molecule has 0 unspecified atom stereocenters. The van der Waals surface area contributed by atoms with Crippen molar-refractivity contribution in [1.29, 1.82) is 0 Å². The van der Waals surface area contributed by atoms with Crippen LogP contribution in [-0.4, -0.2) is 33.2 Å². The number of ether oxygens (including phenoxy) is 1. The van der Waals surface area contributed by atoms with Crippen molar-refractivity contribution < 1.29 is 9.84 Å². The van der Waals surface area contributed by atoms with Gasteiger partial charge in [0.2, 0.25) is 11.8 Å². The van der Waals surface area contributed by atoms with Crippen LogP contribution in [0.15, 0.2) is 47.5 Å². The van der Waals surface area contributed by atoms with Gasteiger partial charge in [-0.1, -0.05) is 23.5 Å². The fourth-order valence-corrected chi connectivity index (χ4v) is 2.84. The number of rotatable bonds is 7. The molecule has 3 N–H and O–H groups in total. The van der Waals surface area contributed by atoms with Crippen LogP contribution >= 0.6 is 11.3 Å². The molecule has 1 aromatic carbocycles. The maximum Gasteiger partial charge on any atom is 0.307 e. The standard InChI is InChI=1S/C16H16N4O3S/c21-14-13(24-16(22)20-14)10-11-2-4-12(5-3-11)23-9-8-19-15-17-6-1-7-18-15/h1-7,21H,8-10H2,(H,20,22)(H,17,18,19). The van der Waals surface area contributed by atoms with E-state index in [1.807, 2.05) is 24.3 Å². The zero-order valence-corrected chi connectivity index (χ0v) is 13.5. The zero-order valence-electron chi connectivity index (χ0n) is 12.7. The lowest BCUT2D eigenvalue weighted by Gasteiger charge is -2.08. The molecule has 0 aliphatic carbocycles. The van der Waals surface area contributed by atoms with Gasteiger partial charge < -0.3 is 15.2 Å². The number of nitrogens with one attached hydrogen (secondary N) is 2. The minimum absolute atomic E-state index is 0.0560. The topological polar surface area (TPSA) is 100 Å². The quantitative estimate of drug-likeness (QED) is 0.567. The Morgan fingerprint density at radius 2 is 1.96 bits per heavy atom. The second kappa shape index (κ2) is 7.60. The molecule has 2 heterocycles. The van der Waals surface area contributed by atoms with Gasteiger partial charge in [-0.05, 0) is 23.8 Å². The SMILES string of the molecule is O=c1[nH]c(O)c(Cc2ccc(OCCNc3ncccn3)cc2)s1. The number of hydrogen-bond acceptors (Lipinski definition) is 7. The van der Waals surface area contributed by atoms with Crippen LogP contribution in [0.3, 0.4) is 0 Å². The molecule has 3 aromatic rings. The van der Waals surface area contributed by atoms with Crippen LogP contribution in [0.4, 0.5) is 5.95 Å². The summed E-state index contributed by atoms with van der Waals surface area (Å²) in [6, 6.07) is 9.30. The molecule has 7 nitrogen and oxygen atoms in total. The van der Waals surface area contributed by atoms with Crippen molar-refractivity contribution in [2.24, 2.45) is 0 Å². The Bertz CT molecular complexity index is 831. The van der Waals surface area contributed by atoms with E-state index in [1.165, 1.54) is 0 Å². The Labute approximate surface area is 142 Å². The lowest BCUT2D eigenvalue weighted by molar-refractivity contribution is 0.332. The highest BCUT2D eigenvalue weighted by Gasteiger charge is 2.07. The van der Waals surface area contributed by atoms with Gasteiger partial charge >= 0.3 is 4.87 Å². The molecule has 124 valence electrons. The van der Waals surface area contributed by atoms with Crippen molar-refractivity contribution in [1.82, 2.24) is 15.0 Å². The summed E-state index contributed by atoms with van der Waals surface area (Å²) < 4.78 is 5.64. The summed E-state index contributed by atoms with van der Waals surface area (Å²) in [5.74, 6) is 1.27. The van der Waals surface area contributed by atoms with Crippen molar-refractivity contribution in [3.63, 3.8) is 0 Å². The van der Waals surface area contributed by atoms with Gasteiger partial charge in [0.15, 0.2) is 0 Å². The van der Waals surface area contributed by atoms with Gasteiger partial charge in [-0.2, -0.15) is 0 Å². The predicted octanol–water partition coefficient (Wildman–Crippen LogP) is 2.01. The van der Waals surface area contributed by atoms with Crippen LogP contribution in [-0.2, 0) is 6.42 Å². The summed E-state index contributed by atoms with van der Waals surface area (Å²) in [4.78, 5) is 22.0. The third-order valence-corrected chi connectivity index (χ3v) is 4.08. The van der Waals surface area contributed by atoms with Crippen LogP contribution in [0.25, 0.3) is 0 Å². The first-order valence-corrected chi connectivity index (χ1v) is 8.16. The molecule has 0 saturated heterocycles. The molecule has 0 aliphatic heterocycles. The molecule has 3 rings (SSSR count). The first kappa shape index (κ1) is 16.0. The van der Waals surface area contributed by atoms with Crippen LogP contribution in [0.5, 0.6) is 11.6 Å². The Morgan fingerprint density at radius 3 is 2.62 bits per heavy atom. The highest BCUT2D eigenvalue weighted by Crippen LogP contribution is 2.21. The summed E-state index contributed by atoms with van der Waals surface area (Å²) >= 11 is 1.02. The van der Waals surface area contributed by atoms with Crippen molar-refractivity contribution in [2.45, 2.75) is 6.42 Å². The zero-order chi connectivity index (χ0) is 16.8. The molecule has 0 aliphatic rings. The van der Waals surface area contributed by atoms with E-state index in [9.17, 15) is 9.90 Å². The third-order valence-electron chi connectivity index (χ3n) is 3.21. The molecule has 0 bridgehead atoms. The molecular formula is C16H16N4O3S. The average Bonchev–Trinajstić information content (AvgIpc) is 2.91. The number of thiazole rings is 1. The number of H-pyrrole nitrogens is 1. The van der Waals surface area contributed by atoms with E-state index < -0.39 is 0 Å². The highest BCUT2D eigenvalue weighted by atomic mass is 32.1. The smallest absolute Gasteiger partial charge is 0.307 e. The van der Waals surface area contributed by atoms with Crippen LogP contribution in [0.2, 0.25) is 0 Å². The Balaban J connectivity index is 1.48. The lowest BCUT2D eigenvalue weighted by Crippen LogP contribution is -2.13. The highest BCUT2D eigenvalue weighted by molar-refractivity contribution is 7.09. The number of nitrogens with zero attached hydrogens (tertiary/aromatic N) is 2. The fourth-order valence-electron chi connectivity index (χ4n) is 2.08. The summed E-state index contributed by atoms with van der Waals surface area (Å²) in [6.45, 7) is 1.08. The second-order valence-corrected chi connectivity index (χ2v) is 6.02. The normalized spacial score (nSPS) is 10.5. The van der Waals surface area contributed by atoms with Crippen molar-refractivity contribution in [3.8, 4) is 11.6 Å². The Kier molecular flexibility index (Phi) is 5.07. The van der Waals surface area contributed by atoms with Crippen LogP contribution in [0.1, 0.15) is 10.4 Å². The van der Waals surface area contributed by atoms with E-state index in [-0.39, 0.29) is 10.8 Å². The van der Waals surface area contributed by atoms with Gasteiger partial charge in [-0.3, -0.25) is 9.78 Å². The van der Waals surface area contributed by atoms with E-state index in [0.29, 0.717) is 30.4 Å². The van der Waals surface area contributed by atoms with Crippen molar-refractivity contribution in [2.75, 3.05) is 18.5 Å². The summed E-state index contributed by atoms with van der Waals surface area (Å²) in [7, 11) is 0. The van der Waals surface area contributed by atoms with E-state index in [2.05, 4.69) is 20.3 Å². The van der Waals surface area contributed by atoms with Crippen molar-refractivity contribution >= 4 is 17.3 Å². The molecule has 2 aromatic heterocycles. The molecule has 0 fully saturated rings. The minimum Gasteiger partial charge on any atom is -0.494 e. The Hall–Kier alpha value is -2.87. The predicted molar refractivity (Wildman–Crippen MR) is 91.9 cm³/mol. The number of anilines is 1. The first-order valence-electron chi connectivity index (χ1n) is 7.34. The second-order valence-electron chi connectivity index (χ2n) is 4.95. The first-order chi connectivity index (χ1) is 11.7. The summed E-state index contributed by atoms with van der Waals surface area (Å²) in [6.07, 6.45) is 3.85.